The first-order valence-electron chi connectivity index (χ1n) is 33.2. The van der Waals surface area contributed by atoms with Crippen LogP contribution in [0.2, 0.25) is 0 Å². The van der Waals surface area contributed by atoms with Gasteiger partial charge in [-0.2, -0.15) is 0 Å². The van der Waals surface area contributed by atoms with E-state index in [2.05, 4.69) is 123 Å². The third-order valence-electron chi connectivity index (χ3n) is 14.2. The number of hydrogen-bond donors (Lipinski definition) is 2. The molecule has 0 saturated heterocycles. The Morgan fingerprint density at radius 1 is 0.444 bits per heavy atom. The first kappa shape index (κ1) is 77.7. The number of rotatable bonds is 59. The number of nitrogens with zero attached hydrogens (tertiary/aromatic N) is 1. The normalized spacial score (nSPS) is 14.3. The van der Waals surface area contributed by atoms with Crippen molar-refractivity contribution in [3.63, 3.8) is 0 Å². The third-order valence-corrected chi connectivity index (χ3v) is 15.2. The molecule has 0 fully saturated rings. The highest BCUT2D eigenvalue weighted by atomic mass is 31.2. The predicted octanol–water partition coefficient (Wildman–Crippen LogP) is 20.9. The molecule has 2 N–H and O–H groups in total. The Kier molecular flexibility index (Phi) is 57.4. The second kappa shape index (κ2) is 59.8. The summed E-state index contributed by atoms with van der Waals surface area (Å²) in [6.45, 7) is 6.85. The Morgan fingerprint density at radius 3 is 1.21 bits per heavy atom. The number of unbranched alkanes of at least 4 members (excludes halogenated alkanes) is 27. The summed E-state index contributed by atoms with van der Waals surface area (Å²) >= 11 is 0. The molecule has 9 nitrogen and oxygen atoms in total. The summed E-state index contributed by atoms with van der Waals surface area (Å²) in [5.41, 5.74) is 0. The van der Waals surface area contributed by atoms with Crippen LogP contribution in [0.1, 0.15) is 278 Å². The third kappa shape index (κ3) is 61.1. The molecule has 3 unspecified atom stereocenters. The zero-order valence-corrected chi connectivity index (χ0v) is 54.1. The lowest BCUT2D eigenvalue weighted by atomic mass is 10.0. The lowest BCUT2D eigenvalue weighted by molar-refractivity contribution is -0.870. The fourth-order valence-corrected chi connectivity index (χ4v) is 9.83. The largest absolute Gasteiger partial charge is 0.472 e. The highest BCUT2D eigenvalue weighted by Gasteiger charge is 2.30. The minimum Gasteiger partial charge on any atom is -0.456 e. The highest BCUT2D eigenvalue weighted by Crippen LogP contribution is 2.43. The van der Waals surface area contributed by atoms with Crippen molar-refractivity contribution in [2.24, 2.45) is 0 Å². The van der Waals surface area contributed by atoms with Gasteiger partial charge >= 0.3 is 13.8 Å². The SMILES string of the molecule is CC/C=C\C/C=C\C/C=C\C/C=C\C/C=C\CCCCCCCCCC(=O)OC(/C=C/CCCCCCCCCCC)C(COP(=O)(O)OCC[N+](C)(C)C)NC(=O)CCCCCCCCCC/C=C\C/C=C\C/C=C\CCCCC. The van der Waals surface area contributed by atoms with Crippen molar-refractivity contribution >= 4 is 19.7 Å². The van der Waals surface area contributed by atoms with Gasteiger partial charge in [0, 0.05) is 12.8 Å². The molecule has 0 radical (unpaired) electrons. The number of carbonyl (C=O) groups is 2. The molecule has 0 aliphatic carbocycles. The van der Waals surface area contributed by atoms with Crippen LogP contribution >= 0.6 is 7.82 Å². The number of amides is 1. The Balaban J connectivity index is 5.17. The minimum atomic E-state index is -4.46. The molecule has 0 spiro atoms. The minimum absolute atomic E-state index is 0.0315. The van der Waals surface area contributed by atoms with Crippen molar-refractivity contribution in [2.45, 2.75) is 290 Å². The van der Waals surface area contributed by atoms with Crippen molar-refractivity contribution in [3.05, 3.63) is 109 Å². The summed E-state index contributed by atoms with van der Waals surface area (Å²) in [5, 5.41) is 3.05. The topological polar surface area (TPSA) is 111 Å². The van der Waals surface area contributed by atoms with E-state index in [-0.39, 0.29) is 31.5 Å². The van der Waals surface area contributed by atoms with Crippen LogP contribution in [0.5, 0.6) is 0 Å². The van der Waals surface area contributed by atoms with E-state index in [0.29, 0.717) is 17.4 Å². The molecule has 0 bridgehead atoms. The van der Waals surface area contributed by atoms with E-state index in [4.69, 9.17) is 13.8 Å². The van der Waals surface area contributed by atoms with Gasteiger partial charge in [-0.1, -0.05) is 259 Å². The number of carbonyl (C=O) groups excluding carboxylic acids is 2. The van der Waals surface area contributed by atoms with Crippen molar-refractivity contribution in [1.29, 1.82) is 0 Å². The van der Waals surface area contributed by atoms with Crippen molar-refractivity contribution < 1.29 is 37.3 Å². The highest BCUT2D eigenvalue weighted by molar-refractivity contribution is 7.47. The summed E-state index contributed by atoms with van der Waals surface area (Å²) in [4.78, 5) is 37.8. The Labute approximate surface area is 500 Å². The fourth-order valence-electron chi connectivity index (χ4n) is 9.09. The number of phosphoric acid groups is 1. The van der Waals surface area contributed by atoms with Crippen LogP contribution in [0, 0.1) is 0 Å². The molecule has 0 heterocycles. The number of quaternary nitrogens is 1. The van der Waals surface area contributed by atoms with Gasteiger partial charge in [0.25, 0.3) is 0 Å². The number of hydrogen-bond acceptors (Lipinski definition) is 6. The molecule has 0 aliphatic heterocycles. The zero-order valence-electron chi connectivity index (χ0n) is 53.2. The average molecular weight is 1150 g/mol. The van der Waals surface area contributed by atoms with Crippen LogP contribution in [-0.2, 0) is 27.9 Å². The van der Waals surface area contributed by atoms with Crippen LogP contribution in [0.15, 0.2) is 109 Å². The predicted molar refractivity (Wildman–Crippen MR) is 350 cm³/mol. The molecular weight excluding hydrogens is 1020 g/mol. The van der Waals surface area contributed by atoms with E-state index in [0.717, 1.165) is 128 Å². The van der Waals surface area contributed by atoms with Gasteiger partial charge in [0.05, 0.1) is 33.8 Å². The quantitative estimate of drug-likeness (QED) is 0.0205. The molecular formula is C71H126N2O7P+. The van der Waals surface area contributed by atoms with Gasteiger partial charge in [0.2, 0.25) is 5.91 Å². The van der Waals surface area contributed by atoms with Gasteiger partial charge in [-0.15, -0.1) is 0 Å². The number of likely N-dealkylation sites (N-methyl/N-ethyl adjacent to an activating group) is 1. The Bertz CT molecular complexity index is 1750. The van der Waals surface area contributed by atoms with Gasteiger partial charge < -0.3 is 19.4 Å². The lowest BCUT2D eigenvalue weighted by Crippen LogP contribution is -2.47. The number of allylic oxidation sites excluding steroid dienone is 17. The summed E-state index contributed by atoms with van der Waals surface area (Å²) in [5.74, 6) is -0.529. The summed E-state index contributed by atoms with van der Waals surface area (Å²) < 4.78 is 30.7. The van der Waals surface area contributed by atoms with E-state index in [9.17, 15) is 19.0 Å². The number of nitrogens with one attached hydrogen (secondary N) is 1. The molecule has 81 heavy (non-hydrogen) atoms. The van der Waals surface area contributed by atoms with Crippen molar-refractivity contribution in [2.75, 3.05) is 40.9 Å². The molecule has 0 aliphatic rings. The van der Waals surface area contributed by atoms with Crippen molar-refractivity contribution in [1.82, 2.24) is 5.32 Å². The van der Waals surface area contributed by atoms with Crippen LogP contribution in [-0.4, -0.2) is 74.3 Å². The van der Waals surface area contributed by atoms with Gasteiger partial charge in [-0.3, -0.25) is 18.6 Å². The summed E-state index contributed by atoms with van der Waals surface area (Å²) in [7, 11) is 1.47. The van der Waals surface area contributed by atoms with Gasteiger partial charge in [-0.05, 0) is 115 Å². The Morgan fingerprint density at radius 2 is 0.790 bits per heavy atom. The van der Waals surface area contributed by atoms with E-state index >= 15 is 0 Å². The van der Waals surface area contributed by atoms with E-state index in [1.165, 1.54) is 116 Å². The monoisotopic (exact) mass is 1150 g/mol. The Hall–Kier alpha value is -3.33. The zero-order chi connectivity index (χ0) is 59.3. The van der Waals surface area contributed by atoms with Crippen LogP contribution in [0.4, 0.5) is 0 Å². The van der Waals surface area contributed by atoms with Crippen LogP contribution in [0.25, 0.3) is 0 Å². The summed E-state index contributed by atoms with van der Waals surface area (Å²) in [6, 6.07) is -0.864. The lowest BCUT2D eigenvalue weighted by Gasteiger charge is -2.27. The van der Waals surface area contributed by atoms with E-state index in [1.54, 1.807) is 0 Å². The summed E-state index contributed by atoms with van der Waals surface area (Å²) in [6.07, 6.45) is 82.3. The van der Waals surface area contributed by atoms with E-state index < -0.39 is 20.0 Å². The van der Waals surface area contributed by atoms with E-state index in [1.807, 2.05) is 33.3 Å². The number of ether oxygens (including phenoxy) is 1. The molecule has 10 heteroatoms. The number of esters is 1. The maximum Gasteiger partial charge on any atom is 0.472 e. The molecule has 0 rings (SSSR count). The van der Waals surface area contributed by atoms with Gasteiger partial charge in [-0.25, -0.2) is 4.57 Å². The molecule has 1 amide bonds. The average Bonchev–Trinajstić information content (AvgIpc) is 3.44. The molecule has 3 atom stereocenters. The standard InChI is InChI=1S/C71H125N2O7P/c1-7-10-13-16-19-22-25-27-29-31-33-35-36-38-40-42-44-46-49-52-55-58-61-64-71(75)80-69(62-59-56-53-50-47-24-21-18-15-12-9-3)68(67-79-81(76,77)78-66-65-73(4,5)6)72-70(74)63-60-57-54-51-48-45-43-41-39-37-34-32-30-28-26-23-20-17-14-11-8-2/h10,13,19-20,22-23,27-30,33-35,37-38,40,59,62,68-69H,7-9,11-12,14-18,21,24-26,31-32,36,39,41-58,60-61,63-67H2,1-6H3,(H-,72,74,76,77)/p+1/b13-10-,22-19-,23-20-,29-27-,30-28-,35-33-,37-34-,40-38-,62-59+. The fraction of sp³-hybridized carbons (Fsp3) is 0.718. The van der Waals surface area contributed by atoms with Gasteiger partial charge in [0.1, 0.15) is 19.3 Å². The molecule has 0 saturated carbocycles. The first-order chi connectivity index (χ1) is 39.4. The maximum atomic E-state index is 13.6. The maximum absolute atomic E-state index is 13.6. The molecule has 0 aromatic carbocycles. The second-order valence-corrected chi connectivity index (χ2v) is 24.7. The van der Waals surface area contributed by atoms with Gasteiger partial charge in [0.15, 0.2) is 0 Å². The molecule has 0 aromatic heterocycles. The second-order valence-electron chi connectivity index (χ2n) is 23.3. The van der Waals surface area contributed by atoms with Crippen LogP contribution in [0.3, 0.4) is 0 Å². The molecule has 0 aromatic rings. The van der Waals surface area contributed by atoms with Crippen LogP contribution < -0.4 is 5.32 Å². The molecule has 466 valence electrons. The van der Waals surface area contributed by atoms with Crippen molar-refractivity contribution in [3.8, 4) is 0 Å². The smallest absolute Gasteiger partial charge is 0.456 e. The first-order valence-corrected chi connectivity index (χ1v) is 34.7. The number of phosphoric ester groups is 1.